The maximum absolute atomic E-state index is 14.3. The average molecular weight is 609 g/mol. The number of hydrogen-bond donors (Lipinski definition) is 2. The van der Waals surface area contributed by atoms with Gasteiger partial charge in [-0.1, -0.05) is 56.6 Å². The number of fused-ring (bicyclic) bond motifs is 1. The van der Waals surface area contributed by atoms with Crippen LogP contribution in [-0.4, -0.2) is 49.6 Å². The van der Waals surface area contributed by atoms with Crippen LogP contribution < -0.4 is 20.1 Å². The molecule has 10 heteroatoms. The highest BCUT2D eigenvalue weighted by Crippen LogP contribution is 2.45. The van der Waals surface area contributed by atoms with Gasteiger partial charge in [0.25, 0.3) is 5.91 Å². The molecule has 0 aliphatic carbocycles. The summed E-state index contributed by atoms with van der Waals surface area (Å²) in [5.41, 5.74) is 8.85. The van der Waals surface area contributed by atoms with E-state index in [2.05, 4.69) is 0 Å². The van der Waals surface area contributed by atoms with Gasteiger partial charge in [-0.05, 0) is 47.7 Å². The molecule has 2 atom stereocenters. The Labute approximate surface area is 256 Å². The molecule has 228 valence electrons. The lowest BCUT2D eigenvalue weighted by Gasteiger charge is -2.31. The maximum atomic E-state index is 14.3. The van der Waals surface area contributed by atoms with Gasteiger partial charge in [0.15, 0.2) is 17.3 Å². The highest BCUT2D eigenvalue weighted by molar-refractivity contribution is 6.30. The standard InChI is InChI=1S/C33H37ClN2O7/c1-33(2,3)18-36-24-14-13-20(34)16-23(24)30(22-10-7-11-26(41-4)31(22)42-5)43-27(32(36)40)17-25(37)21-9-6-8-19(29(21)35)12-15-28(38)39/h6-11,13-14,16,27,30H,12,15,17-18,35H2,1-5H3,(H,38,39)/t27-,30-/m1/s1. The molecule has 1 heterocycles. The number of aryl methyl sites for hydroxylation is 1. The number of aliphatic carboxylic acids is 1. The van der Waals surface area contributed by atoms with Crippen LogP contribution in [0.3, 0.4) is 0 Å². The third-order valence-electron chi connectivity index (χ3n) is 7.23. The number of carbonyl (C=O) groups excluding carboxylic acids is 2. The summed E-state index contributed by atoms with van der Waals surface area (Å²) in [7, 11) is 3.06. The maximum Gasteiger partial charge on any atom is 0.303 e. The van der Waals surface area contributed by atoms with Crippen LogP contribution in [0.4, 0.5) is 11.4 Å². The summed E-state index contributed by atoms with van der Waals surface area (Å²) in [6.45, 7) is 6.41. The fourth-order valence-corrected chi connectivity index (χ4v) is 5.48. The number of Topliss-reactive ketones (excluding diaryl/α,β-unsaturated/α-hetero) is 1. The van der Waals surface area contributed by atoms with E-state index in [9.17, 15) is 14.4 Å². The number of nitrogens with zero attached hydrogens (tertiary/aromatic N) is 1. The Bertz CT molecular complexity index is 1530. The summed E-state index contributed by atoms with van der Waals surface area (Å²) in [6.07, 6.45) is -2.28. The predicted octanol–water partition coefficient (Wildman–Crippen LogP) is 6.10. The van der Waals surface area contributed by atoms with Crippen molar-refractivity contribution in [3.63, 3.8) is 0 Å². The Hall–Kier alpha value is -4.08. The number of para-hydroxylation sites is 2. The molecule has 0 spiro atoms. The van der Waals surface area contributed by atoms with Gasteiger partial charge in [-0.25, -0.2) is 0 Å². The number of carboxylic acid groups (broad SMARTS) is 1. The van der Waals surface area contributed by atoms with E-state index in [1.54, 1.807) is 53.4 Å². The van der Waals surface area contributed by atoms with Gasteiger partial charge in [0.1, 0.15) is 12.2 Å². The lowest BCUT2D eigenvalue weighted by molar-refractivity contribution is -0.137. The van der Waals surface area contributed by atoms with E-state index in [1.807, 2.05) is 26.8 Å². The first kappa shape index (κ1) is 31.8. The zero-order chi connectivity index (χ0) is 31.5. The number of carbonyl (C=O) groups is 3. The highest BCUT2D eigenvalue weighted by Gasteiger charge is 2.40. The molecule has 1 aliphatic rings. The van der Waals surface area contributed by atoms with Crippen LogP contribution in [0.5, 0.6) is 11.5 Å². The van der Waals surface area contributed by atoms with E-state index in [1.165, 1.54) is 14.2 Å². The molecule has 9 nitrogen and oxygen atoms in total. The minimum absolute atomic E-state index is 0.126. The summed E-state index contributed by atoms with van der Waals surface area (Å²) in [6, 6.07) is 15.6. The number of amides is 1. The lowest BCUT2D eigenvalue weighted by Crippen LogP contribution is -2.44. The first-order chi connectivity index (χ1) is 20.3. The van der Waals surface area contributed by atoms with Crippen molar-refractivity contribution in [3.05, 3.63) is 81.9 Å². The average Bonchev–Trinajstić information content (AvgIpc) is 3.05. The topological polar surface area (TPSA) is 128 Å². The summed E-state index contributed by atoms with van der Waals surface area (Å²) in [4.78, 5) is 40.8. The van der Waals surface area contributed by atoms with Gasteiger partial charge in [0.05, 0.1) is 14.2 Å². The Balaban J connectivity index is 1.83. The number of nitrogen functional groups attached to an aromatic ring is 1. The molecule has 0 radical (unpaired) electrons. The van der Waals surface area contributed by atoms with Crippen LogP contribution in [0.1, 0.15) is 66.8 Å². The number of halogens is 1. The number of ether oxygens (including phenoxy) is 3. The Morgan fingerprint density at radius 2 is 1.77 bits per heavy atom. The van der Waals surface area contributed by atoms with E-state index in [0.29, 0.717) is 45.4 Å². The molecule has 4 rings (SSSR count). The van der Waals surface area contributed by atoms with Gasteiger partial charge in [-0.15, -0.1) is 0 Å². The number of carboxylic acids is 1. The highest BCUT2D eigenvalue weighted by atomic mass is 35.5. The van der Waals surface area contributed by atoms with E-state index >= 15 is 0 Å². The van der Waals surface area contributed by atoms with Gasteiger partial charge in [0, 0.05) is 52.5 Å². The van der Waals surface area contributed by atoms with Crippen molar-refractivity contribution in [3.8, 4) is 11.5 Å². The fourth-order valence-electron chi connectivity index (χ4n) is 5.30. The van der Waals surface area contributed by atoms with Gasteiger partial charge < -0.3 is 30.0 Å². The van der Waals surface area contributed by atoms with E-state index in [0.717, 1.165) is 0 Å². The molecule has 43 heavy (non-hydrogen) atoms. The van der Waals surface area contributed by atoms with Crippen molar-refractivity contribution in [1.29, 1.82) is 0 Å². The third kappa shape index (κ3) is 7.12. The minimum atomic E-state index is -1.19. The minimum Gasteiger partial charge on any atom is -0.493 e. The number of benzene rings is 3. The second-order valence-corrected chi connectivity index (χ2v) is 12.1. The van der Waals surface area contributed by atoms with E-state index in [4.69, 9.17) is 36.7 Å². The van der Waals surface area contributed by atoms with Crippen molar-refractivity contribution in [2.75, 3.05) is 31.4 Å². The van der Waals surface area contributed by atoms with Crippen molar-refractivity contribution < 1.29 is 33.7 Å². The van der Waals surface area contributed by atoms with Crippen LogP contribution in [0.2, 0.25) is 5.02 Å². The third-order valence-corrected chi connectivity index (χ3v) is 7.46. The second kappa shape index (κ2) is 13.1. The van der Waals surface area contributed by atoms with Gasteiger partial charge >= 0.3 is 5.97 Å². The fraction of sp³-hybridized carbons (Fsp3) is 0.364. The molecule has 3 aromatic carbocycles. The van der Waals surface area contributed by atoms with Crippen LogP contribution in [-0.2, 0) is 20.7 Å². The molecule has 1 amide bonds. The number of nitrogens with two attached hydrogens (primary N) is 1. The summed E-state index contributed by atoms with van der Waals surface area (Å²) < 4.78 is 17.9. The Morgan fingerprint density at radius 3 is 2.42 bits per heavy atom. The second-order valence-electron chi connectivity index (χ2n) is 11.7. The van der Waals surface area contributed by atoms with Gasteiger partial charge in [-0.2, -0.15) is 0 Å². The quantitative estimate of drug-likeness (QED) is 0.209. The smallest absolute Gasteiger partial charge is 0.303 e. The van der Waals surface area contributed by atoms with Crippen LogP contribution in [0.25, 0.3) is 0 Å². The zero-order valence-electron chi connectivity index (χ0n) is 25.0. The first-order valence-electron chi connectivity index (χ1n) is 13.9. The van der Waals surface area contributed by atoms with E-state index < -0.39 is 24.0 Å². The SMILES string of the molecule is COc1cccc([C@H]2O[C@H](CC(=O)c3cccc(CCC(=O)O)c3N)C(=O)N(CC(C)(C)C)c3ccc(Cl)cc32)c1OC. The molecule has 3 aromatic rings. The molecular weight excluding hydrogens is 572 g/mol. The molecule has 0 unspecified atom stereocenters. The Morgan fingerprint density at radius 1 is 1.05 bits per heavy atom. The summed E-state index contributed by atoms with van der Waals surface area (Å²) >= 11 is 6.49. The van der Waals surface area contributed by atoms with Gasteiger partial charge in [-0.3, -0.25) is 14.4 Å². The largest absolute Gasteiger partial charge is 0.493 e. The molecule has 0 saturated carbocycles. The summed E-state index contributed by atoms with van der Waals surface area (Å²) in [5, 5.41) is 9.57. The van der Waals surface area contributed by atoms with Crippen molar-refractivity contribution in [2.24, 2.45) is 5.41 Å². The Kier molecular flexibility index (Phi) is 9.67. The van der Waals surface area contributed by atoms with Crippen molar-refractivity contribution >= 4 is 40.6 Å². The molecule has 0 aromatic heterocycles. The number of rotatable bonds is 10. The predicted molar refractivity (Wildman–Crippen MR) is 165 cm³/mol. The number of methoxy groups -OCH3 is 2. The van der Waals surface area contributed by atoms with Crippen LogP contribution >= 0.6 is 11.6 Å². The molecule has 0 saturated heterocycles. The molecular formula is C33H37ClN2O7. The number of anilines is 2. The first-order valence-corrected chi connectivity index (χ1v) is 14.3. The van der Waals surface area contributed by atoms with Crippen molar-refractivity contribution in [1.82, 2.24) is 0 Å². The monoisotopic (exact) mass is 608 g/mol. The number of ketones is 1. The molecule has 1 aliphatic heterocycles. The van der Waals surface area contributed by atoms with Crippen LogP contribution in [0.15, 0.2) is 54.6 Å². The molecule has 0 fully saturated rings. The van der Waals surface area contributed by atoms with Crippen LogP contribution in [0, 0.1) is 5.41 Å². The lowest BCUT2D eigenvalue weighted by atomic mass is 9.93. The zero-order valence-corrected chi connectivity index (χ0v) is 25.7. The van der Waals surface area contributed by atoms with Gasteiger partial charge in [0.2, 0.25) is 0 Å². The molecule has 3 N–H and O–H groups in total. The number of hydrogen-bond acceptors (Lipinski definition) is 7. The van der Waals surface area contributed by atoms with Crippen molar-refractivity contribution in [2.45, 2.75) is 52.2 Å². The normalized spacial score (nSPS) is 16.8. The van der Waals surface area contributed by atoms with E-state index in [-0.39, 0.29) is 41.8 Å². The summed E-state index contributed by atoms with van der Waals surface area (Å²) in [5.74, 6) is -0.835. The molecule has 0 bridgehead atoms.